The molecule has 0 aromatic heterocycles. The van der Waals surface area contributed by atoms with Gasteiger partial charge in [-0.2, -0.15) is 5.26 Å². The van der Waals surface area contributed by atoms with Gasteiger partial charge < -0.3 is 14.9 Å². The summed E-state index contributed by atoms with van der Waals surface area (Å²) < 4.78 is 0. The first-order valence-corrected chi connectivity index (χ1v) is 5.99. The predicted molar refractivity (Wildman–Crippen MR) is 66.1 cm³/mol. The van der Waals surface area contributed by atoms with Gasteiger partial charge >= 0.3 is 0 Å². The van der Waals surface area contributed by atoms with Crippen molar-refractivity contribution in [2.24, 2.45) is 0 Å². The van der Waals surface area contributed by atoms with Crippen LogP contribution in [0.15, 0.2) is 24.3 Å². The van der Waals surface area contributed by atoms with Crippen LogP contribution in [0.4, 0.5) is 5.69 Å². The lowest BCUT2D eigenvalue weighted by atomic mass is 10.2. The van der Waals surface area contributed by atoms with Crippen molar-refractivity contribution in [2.75, 3.05) is 31.1 Å². The normalized spacial score (nSPS) is 18.7. The molecule has 0 amide bonds. The van der Waals surface area contributed by atoms with Gasteiger partial charge in [0.15, 0.2) is 6.04 Å². The minimum Gasteiger partial charge on any atom is -0.506 e. The summed E-state index contributed by atoms with van der Waals surface area (Å²) in [6.45, 7) is 5.63. The van der Waals surface area contributed by atoms with E-state index in [4.69, 9.17) is 5.26 Å². The van der Waals surface area contributed by atoms with Gasteiger partial charge in [0.2, 0.25) is 0 Å². The molecule has 1 heterocycles. The lowest BCUT2D eigenvalue weighted by Gasteiger charge is -2.34. The van der Waals surface area contributed by atoms with E-state index < -0.39 is 0 Å². The molecule has 4 heteroatoms. The number of piperazine rings is 1. The van der Waals surface area contributed by atoms with E-state index in [2.05, 4.69) is 11.0 Å². The number of nitrogens with zero attached hydrogens (tertiary/aromatic N) is 2. The molecule has 1 fully saturated rings. The monoisotopic (exact) mass is 232 g/mol. The fourth-order valence-electron chi connectivity index (χ4n) is 2.29. The highest BCUT2D eigenvalue weighted by Gasteiger charge is 2.25. The van der Waals surface area contributed by atoms with Crippen molar-refractivity contribution < 1.29 is 10.0 Å². The zero-order valence-electron chi connectivity index (χ0n) is 10.1. The van der Waals surface area contributed by atoms with Crippen LogP contribution in [0.5, 0.6) is 5.75 Å². The highest BCUT2D eigenvalue weighted by atomic mass is 16.3. The maximum absolute atomic E-state index is 9.78. The minimum atomic E-state index is 0.0570. The molecule has 17 heavy (non-hydrogen) atoms. The van der Waals surface area contributed by atoms with Crippen LogP contribution < -0.4 is 9.80 Å². The predicted octanol–water partition coefficient (Wildman–Crippen LogP) is 0.00918. The van der Waals surface area contributed by atoms with Crippen LogP contribution >= 0.6 is 0 Å². The summed E-state index contributed by atoms with van der Waals surface area (Å²) in [6.07, 6.45) is 0. The van der Waals surface area contributed by atoms with E-state index in [1.807, 2.05) is 25.1 Å². The van der Waals surface area contributed by atoms with Gasteiger partial charge in [-0.25, -0.2) is 0 Å². The van der Waals surface area contributed by atoms with Gasteiger partial charge in [-0.1, -0.05) is 12.1 Å². The number of rotatable bonds is 2. The lowest BCUT2D eigenvalue weighted by Crippen LogP contribution is -3.17. The van der Waals surface area contributed by atoms with Crippen molar-refractivity contribution in [3.63, 3.8) is 0 Å². The van der Waals surface area contributed by atoms with Crippen molar-refractivity contribution in [2.45, 2.75) is 13.0 Å². The summed E-state index contributed by atoms with van der Waals surface area (Å²) in [5.41, 5.74) is 0.899. The van der Waals surface area contributed by atoms with Gasteiger partial charge in [-0.05, 0) is 12.1 Å². The van der Waals surface area contributed by atoms with Gasteiger partial charge in [-0.15, -0.1) is 0 Å². The summed E-state index contributed by atoms with van der Waals surface area (Å²) in [5.74, 6) is 0.337. The Morgan fingerprint density at radius 1 is 1.35 bits per heavy atom. The third kappa shape index (κ3) is 2.51. The summed E-state index contributed by atoms with van der Waals surface area (Å²) >= 11 is 0. The maximum atomic E-state index is 9.78. The van der Waals surface area contributed by atoms with E-state index in [1.54, 1.807) is 6.07 Å². The molecule has 2 rings (SSSR count). The Hall–Kier alpha value is -1.73. The Bertz CT molecular complexity index is 419. The number of hydrogen-bond donors (Lipinski definition) is 2. The zero-order chi connectivity index (χ0) is 12.3. The van der Waals surface area contributed by atoms with E-state index in [9.17, 15) is 5.11 Å². The molecule has 4 nitrogen and oxygen atoms in total. The topological polar surface area (TPSA) is 51.7 Å². The number of benzene rings is 1. The first kappa shape index (κ1) is 11.7. The maximum Gasteiger partial charge on any atom is 0.172 e. The minimum absolute atomic E-state index is 0.0570. The number of quaternary nitrogens is 1. The average Bonchev–Trinajstić information content (AvgIpc) is 2.39. The molecule has 0 spiro atoms. The van der Waals surface area contributed by atoms with Crippen LogP contribution in [0, 0.1) is 11.3 Å². The second-order valence-corrected chi connectivity index (χ2v) is 4.48. The van der Waals surface area contributed by atoms with Crippen LogP contribution in [0.2, 0.25) is 0 Å². The van der Waals surface area contributed by atoms with Gasteiger partial charge in [0.25, 0.3) is 0 Å². The van der Waals surface area contributed by atoms with Gasteiger partial charge in [0.05, 0.1) is 31.9 Å². The molecule has 0 radical (unpaired) electrons. The Morgan fingerprint density at radius 3 is 2.59 bits per heavy atom. The Labute approximate surface area is 102 Å². The lowest BCUT2D eigenvalue weighted by molar-refractivity contribution is -0.915. The molecule has 1 saturated heterocycles. The fourth-order valence-corrected chi connectivity index (χ4v) is 2.29. The quantitative estimate of drug-likeness (QED) is 0.755. The number of para-hydroxylation sites is 2. The number of anilines is 1. The van der Waals surface area contributed by atoms with E-state index in [-0.39, 0.29) is 6.04 Å². The van der Waals surface area contributed by atoms with E-state index >= 15 is 0 Å². The molecule has 90 valence electrons. The third-order valence-electron chi connectivity index (χ3n) is 3.43. The average molecular weight is 232 g/mol. The highest BCUT2D eigenvalue weighted by molar-refractivity contribution is 5.57. The SMILES string of the molecule is C[C@H](C#N)[NH+]1CCN(c2ccccc2O)CC1. The summed E-state index contributed by atoms with van der Waals surface area (Å²) in [6, 6.07) is 9.77. The molecule has 1 aromatic carbocycles. The molecular formula is C13H18N3O+. The number of nitrogens with one attached hydrogen (secondary N) is 1. The van der Waals surface area contributed by atoms with Crippen molar-refractivity contribution in [1.29, 1.82) is 5.26 Å². The van der Waals surface area contributed by atoms with Crippen LogP contribution in [0.3, 0.4) is 0 Å². The summed E-state index contributed by atoms with van der Waals surface area (Å²) in [7, 11) is 0. The van der Waals surface area contributed by atoms with E-state index in [0.717, 1.165) is 31.9 Å². The zero-order valence-corrected chi connectivity index (χ0v) is 10.1. The molecule has 0 bridgehead atoms. The molecule has 0 aliphatic carbocycles. The van der Waals surface area contributed by atoms with E-state index in [0.29, 0.717) is 5.75 Å². The van der Waals surface area contributed by atoms with Gasteiger partial charge in [-0.3, -0.25) is 0 Å². The van der Waals surface area contributed by atoms with Crippen LogP contribution in [-0.2, 0) is 0 Å². The second kappa shape index (κ2) is 5.07. The number of aromatic hydroxyl groups is 1. The Morgan fingerprint density at radius 2 is 2.00 bits per heavy atom. The van der Waals surface area contributed by atoms with Crippen molar-refractivity contribution in [3.05, 3.63) is 24.3 Å². The molecule has 0 unspecified atom stereocenters. The number of hydrogen-bond acceptors (Lipinski definition) is 3. The van der Waals surface area contributed by atoms with Crippen molar-refractivity contribution in [1.82, 2.24) is 0 Å². The number of phenols is 1. The van der Waals surface area contributed by atoms with E-state index in [1.165, 1.54) is 4.90 Å². The van der Waals surface area contributed by atoms with Gasteiger partial charge in [0, 0.05) is 6.92 Å². The number of nitriles is 1. The smallest absolute Gasteiger partial charge is 0.172 e. The molecule has 2 N–H and O–H groups in total. The molecule has 1 atom stereocenters. The first-order chi connectivity index (χ1) is 8.22. The number of phenolic OH excluding ortho intramolecular Hbond substituents is 1. The largest absolute Gasteiger partial charge is 0.506 e. The van der Waals surface area contributed by atoms with Crippen LogP contribution in [-0.4, -0.2) is 37.3 Å². The van der Waals surface area contributed by atoms with Crippen molar-refractivity contribution >= 4 is 5.69 Å². The second-order valence-electron chi connectivity index (χ2n) is 4.48. The third-order valence-corrected chi connectivity index (χ3v) is 3.43. The fraction of sp³-hybridized carbons (Fsp3) is 0.462. The molecular weight excluding hydrogens is 214 g/mol. The van der Waals surface area contributed by atoms with Crippen molar-refractivity contribution in [3.8, 4) is 11.8 Å². The first-order valence-electron chi connectivity index (χ1n) is 5.99. The summed E-state index contributed by atoms with van der Waals surface area (Å²) in [5, 5.41) is 18.7. The standard InChI is InChI=1S/C13H17N3O/c1-11(10-14)15-6-8-16(9-7-15)12-4-2-3-5-13(12)17/h2-5,11,17H,6-9H2,1H3/p+1/t11-/m1/s1. The molecule has 1 aliphatic rings. The highest BCUT2D eigenvalue weighted by Crippen LogP contribution is 2.25. The molecule has 1 aromatic rings. The van der Waals surface area contributed by atoms with Crippen LogP contribution in [0.25, 0.3) is 0 Å². The van der Waals surface area contributed by atoms with Crippen LogP contribution in [0.1, 0.15) is 6.92 Å². The van der Waals surface area contributed by atoms with Gasteiger partial charge in [0.1, 0.15) is 11.8 Å². The summed E-state index contributed by atoms with van der Waals surface area (Å²) in [4.78, 5) is 3.52. The Kier molecular flexibility index (Phi) is 3.50. The molecule has 0 saturated carbocycles. The Balaban J connectivity index is 2.01. The molecule has 1 aliphatic heterocycles.